The maximum Gasteiger partial charge on any atom is 0.0608 e. The Balaban J connectivity index is 1.68. The molecule has 0 saturated carbocycles. The van der Waals surface area contributed by atoms with Crippen molar-refractivity contribution in [3.63, 3.8) is 0 Å². The quantitative estimate of drug-likeness (QED) is 0.768. The van der Waals surface area contributed by atoms with Crippen LogP contribution in [-0.4, -0.2) is 48.4 Å². The molecule has 1 aromatic carbocycles. The van der Waals surface area contributed by atoms with Crippen molar-refractivity contribution in [2.45, 2.75) is 29.5 Å². The molecule has 0 aromatic heterocycles. The third-order valence-corrected chi connectivity index (χ3v) is 5.52. The SMILES string of the molecule is CN1CCCN(C2CCc3ccccc3S2)CC1. The molecular weight excluding hydrogens is 240 g/mol. The van der Waals surface area contributed by atoms with Crippen LogP contribution in [0.15, 0.2) is 29.2 Å². The van der Waals surface area contributed by atoms with Gasteiger partial charge in [0.25, 0.3) is 0 Å². The Kier molecular flexibility index (Phi) is 3.92. The second-order valence-electron chi connectivity index (χ2n) is 5.41. The lowest BCUT2D eigenvalue weighted by Crippen LogP contribution is -2.37. The van der Waals surface area contributed by atoms with E-state index in [2.05, 4.69) is 52.9 Å². The van der Waals surface area contributed by atoms with Gasteiger partial charge >= 0.3 is 0 Å². The minimum Gasteiger partial charge on any atom is -0.305 e. The summed E-state index contributed by atoms with van der Waals surface area (Å²) in [6, 6.07) is 8.91. The minimum atomic E-state index is 0.700. The van der Waals surface area contributed by atoms with Crippen LogP contribution in [0.5, 0.6) is 0 Å². The van der Waals surface area contributed by atoms with Crippen molar-refractivity contribution in [3.8, 4) is 0 Å². The molecule has 18 heavy (non-hydrogen) atoms. The number of rotatable bonds is 1. The second kappa shape index (κ2) is 5.64. The van der Waals surface area contributed by atoms with E-state index in [9.17, 15) is 0 Å². The summed E-state index contributed by atoms with van der Waals surface area (Å²) < 4.78 is 0. The van der Waals surface area contributed by atoms with Gasteiger partial charge in [-0.2, -0.15) is 0 Å². The summed E-state index contributed by atoms with van der Waals surface area (Å²) in [5.41, 5.74) is 1.55. The fourth-order valence-corrected chi connectivity index (χ4v) is 4.29. The molecule has 0 amide bonds. The first-order valence-electron chi connectivity index (χ1n) is 7.00. The van der Waals surface area contributed by atoms with E-state index < -0.39 is 0 Å². The van der Waals surface area contributed by atoms with Crippen LogP contribution >= 0.6 is 11.8 Å². The molecule has 3 rings (SSSR count). The summed E-state index contributed by atoms with van der Waals surface area (Å²) in [7, 11) is 2.24. The molecule has 1 aromatic rings. The highest BCUT2D eigenvalue weighted by Gasteiger charge is 2.25. The zero-order valence-corrected chi connectivity index (χ0v) is 12.0. The van der Waals surface area contributed by atoms with Crippen molar-refractivity contribution in [1.29, 1.82) is 0 Å². The van der Waals surface area contributed by atoms with E-state index in [1.54, 1.807) is 5.56 Å². The van der Waals surface area contributed by atoms with Gasteiger partial charge < -0.3 is 4.90 Å². The van der Waals surface area contributed by atoms with Crippen molar-refractivity contribution >= 4 is 11.8 Å². The minimum absolute atomic E-state index is 0.700. The zero-order chi connectivity index (χ0) is 12.4. The van der Waals surface area contributed by atoms with Crippen LogP contribution < -0.4 is 0 Å². The molecule has 1 atom stereocenters. The van der Waals surface area contributed by atoms with Crippen LogP contribution in [0, 0.1) is 0 Å². The molecule has 2 aliphatic heterocycles. The summed E-state index contributed by atoms with van der Waals surface area (Å²) >= 11 is 2.08. The van der Waals surface area contributed by atoms with Gasteiger partial charge in [0.2, 0.25) is 0 Å². The van der Waals surface area contributed by atoms with E-state index in [-0.39, 0.29) is 0 Å². The largest absolute Gasteiger partial charge is 0.305 e. The molecule has 0 spiro atoms. The van der Waals surface area contributed by atoms with E-state index in [1.807, 2.05) is 0 Å². The molecule has 3 heteroatoms. The van der Waals surface area contributed by atoms with Crippen molar-refractivity contribution in [2.24, 2.45) is 0 Å². The van der Waals surface area contributed by atoms with Gasteiger partial charge in [0.15, 0.2) is 0 Å². The highest BCUT2D eigenvalue weighted by Crippen LogP contribution is 2.36. The van der Waals surface area contributed by atoms with Crippen LogP contribution in [0.1, 0.15) is 18.4 Å². The molecule has 1 fully saturated rings. The van der Waals surface area contributed by atoms with Gasteiger partial charge in [-0.25, -0.2) is 0 Å². The van der Waals surface area contributed by atoms with Gasteiger partial charge in [0.05, 0.1) is 5.37 Å². The fraction of sp³-hybridized carbons (Fsp3) is 0.600. The van der Waals surface area contributed by atoms with Gasteiger partial charge in [-0.15, -0.1) is 11.8 Å². The molecule has 2 nitrogen and oxygen atoms in total. The summed E-state index contributed by atoms with van der Waals surface area (Å²) in [4.78, 5) is 6.66. The number of nitrogens with zero attached hydrogens (tertiary/aromatic N) is 2. The molecule has 0 N–H and O–H groups in total. The molecule has 1 unspecified atom stereocenters. The second-order valence-corrected chi connectivity index (χ2v) is 6.63. The predicted octanol–water partition coefficient (Wildman–Crippen LogP) is 2.69. The van der Waals surface area contributed by atoms with Gasteiger partial charge in [-0.3, -0.25) is 4.90 Å². The first-order chi connectivity index (χ1) is 8.83. The zero-order valence-electron chi connectivity index (χ0n) is 11.1. The molecule has 2 aliphatic rings. The normalized spacial score (nSPS) is 26.6. The van der Waals surface area contributed by atoms with Gasteiger partial charge in [-0.1, -0.05) is 18.2 Å². The van der Waals surface area contributed by atoms with Crippen LogP contribution in [0.25, 0.3) is 0 Å². The molecule has 0 bridgehead atoms. The van der Waals surface area contributed by atoms with E-state index >= 15 is 0 Å². The molecule has 0 aliphatic carbocycles. The van der Waals surface area contributed by atoms with Gasteiger partial charge in [-0.05, 0) is 44.5 Å². The Labute approximate surface area is 114 Å². The third kappa shape index (κ3) is 2.73. The average Bonchev–Trinajstić information content (AvgIpc) is 2.63. The summed E-state index contributed by atoms with van der Waals surface area (Å²) in [5, 5.41) is 0.700. The van der Waals surface area contributed by atoms with Crippen molar-refractivity contribution < 1.29 is 0 Å². The number of benzene rings is 1. The van der Waals surface area contributed by atoms with Crippen LogP contribution in [0.2, 0.25) is 0 Å². The number of hydrogen-bond donors (Lipinski definition) is 0. The van der Waals surface area contributed by atoms with Gasteiger partial charge in [0.1, 0.15) is 0 Å². The lowest BCUT2D eigenvalue weighted by Gasteiger charge is -2.33. The van der Waals surface area contributed by atoms with Crippen LogP contribution in [0.4, 0.5) is 0 Å². The van der Waals surface area contributed by atoms with Gasteiger partial charge in [0, 0.05) is 24.5 Å². The Morgan fingerprint density at radius 2 is 2.00 bits per heavy atom. The number of aryl methyl sites for hydroxylation is 1. The first kappa shape index (κ1) is 12.5. The predicted molar refractivity (Wildman–Crippen MR) is 78.1 cm³/mol. The molecular formula is C15H22N2S. The lowest BCUT2D eigenvalue weighted by molar-refractivity contribution is 0.250. The monoisotopic (exact) mass is 262 g/mol. The van der Waals surface area contributed by atoms with E-state index in [4.69, 9.17) is 0 Å². The summed E-state index contributed by atoms with van der Waals surface area (Å²) in [6.45, 7) is 4.98. The Morgan fingerprint density at radius 1 is 1.11 bits per heavy atom. The topological polar surface area (TPSA) is 6.48 Å². The summed E-state index contributed by atoms with van der Waals surface area (Å²) in [5.74, 6) is 0. The number of fused-ring (bicyclic) bond motifs is 1. The third-order valence-electron chi connectivity index (χ3n) is 4.06. The van der Waals surface area contributed by atoms with Crippen molar-refractivity contribution in [1.82, 2.24) is 9.80 Å². The highest BCUT2D eigenvalue weighted by molar-refractivity contribution is 8.00. The van der Waals surface area contributed by atoms with E-state index in [1.165, 1.54) is 50.3 Å². The molecule has 2 heterocycles. The smallest absolute Gasteiger partial charge is 0.0608 e. The number of likely N-dealkylation sites (N-methyl/N-ethyl adjacent to an activating group) is 1. The Hall–Kier alpha value is -0.510. The fourth-order valence-electron chi connectivity index (χ4n) is 2.92. The summed E-state index contributed by atoms with van der Waals surface area (Å²) in [6.07, 6.45) is 3.88. The van der Waals surface area contributed by atoms with E-state index in [0.29, 0.717) is 5.37 Å². The Bertz CT molecular complexity index is 407. The molecule has 0 radical (unpaired) electrons. The lowest BCUT2D eigenvalue weighted by atomic mass is 10.1. The van der Waals surface area contributed by atoms with Crippen molar-refractivity contribution in [2.75, 3.05) is 33.2 Å². The Morgan fingerprint density at radius 3 is 2.94 bits per heavy atom. The van der Waals surface area contributed by atoms with E-state index in [0.717, 1.165) is 0 Å². The van der Waals surface area contributed by atoms with Crippen LogP contribution in [-0.2, 0) is 6.42 Å². The average molecular weight is 262 g/mol. The molecule has 1 saturated heterocycles. The number of hydrogen-bond acceptors (Lipinski definition) is 3. The first-order valence-corrected chi connectivity index (χ1v) is 7.88. The molecule has 98 valence electrons. The number of thioether (sulfide) groups is 1. The standard InChI is InChI=1S/C15H22N2S/c1-16-9-4-10-17(12-11-16)15-8-7-13-5-2-3-6-14(13)18-15/h2-3,5-6,15H,4,7-12H2,1H3. The maximum absolute atomic E-state index is 2.70. The van der Waals surface area contributed by atoms with Crippen LogP contribution in [0.3, 0.4) is 0 Å². The highest BCUT2D eigenvalue weighted by atomic mass is 32.2. The van der Waals surface area contributed by atoms with Crippen molar-refractivity contribution in [3.05, 3.63) is 29.8 Å². The maximum atomic E-state index is 2.70.